The highest BCUT2D eigenvalue weighted by molar-refractivity contribution is 5.74. The molecule has 1 atom stereocenters. The number of nitrogens with one attached hydrogen (secondary N) is 1. The van der Waals surface area contributed by atoms with Crippen LogP contribution in [0.1, 0.15) is 44.9 Å². The van der Waals surface area contributed by atoms with Gasteiger partial charge in [-0.3, -0.25) is 0 Å². The van der Waals surface area contributed by atoms with E-state index in [9.17, 15) is 4.79 Å². The number of nitrogens with two attached hydrogens (primary N) is 1. The Hall–Kier alpha value is -0.770. The lowest BCUT2D eigenvalue weighted by Crippen LogP contribution is -2.51. The van der Waals surface area contributed by atoms with Crippen molar-refractivity contribution in [2.45, 2.75) is 51.0 Å². The lowest BCUT2D eigenvalue weighted by molar-refractivity contribution is 0.178. The molecule has 4 heteroatoms. The van der Waals surface area contributed by atoms with Crippen molar-refractivity contribution in [3.8, 4) is 0 Å². The number of urea groups is 1. The molecular formula is C13H25N3O. The van der Waals surface area contributed by atoms with Crippen molar-refractivity contribution in [1.29, 1.82) is 0 Å². The van der Waals surface area contributed by atoms with Gasteiger partial charge in [0.25, 0.3) is 0 Å². The number of nitrogens with zero attached hydrogens (tertiary/aromatic N) is 1. The van der Waals surface area contributed by atoms with Crippen LogP contribution in [0, 0.1) is 5.92 Å². The Morgan fingerprint density at radius 2 is 1.82 bits per heavy atom. The minimum absolute atomic E-state index is 0.104. The molecule has 2 rings (SSSR count). The van der Waals surface area contributed by atoms with E-state index in [-0.39, 0.29) is 12.1 Å². The van der Waals surface area contributed by atoms with Crippen molar-refractivity contribution >= 4 is 6.03 Å². The average Bonchev–Trinajstić information content (AvgIpc) is 2.90. The van der Waals surface area contributed by atoms with Crippen molar-refractivity contribution in [2.75, 3.05) is 19.6 Å². The summed E-state index contributed by atoms with van der Waals surface area (Å²) < 4.78 is 0. The molecule has 1 heterocycles. The topological polar surface area (TPSA) is 58.4 Å². The largest absolute Gasteiger partial charge is 0.334 e. The molecule has 98 valence electrons. The quantitative estimate of drug-likeness (QED) is 0.787. The summed E-state index contributed by atoms with van der Waals surface area (Å²) in [6.07, 6.45) is 8.58. The summed E-state index contributed by atoms with van der Waals surface area (Å²) in [5.41, 5.74) is 5.80. The van der Waals surface area contributed by atoms with Crippen LogP contribution in [-0.2, 0) is 0 Å². The lowest BCUT2D eigenvalue weighted by Gasteiger charge is -2.30. The molecule has 3 N–H and O–H groups in total. The Morgan fingerprint density at radius 1 is 1.18 bits per heavy atom. The van der Waals surface area contributed by atoms with Gasteiger partial charge in [-0.15, -0.1) is 0 Å². The highest BCUT2D eigenvalue weighted by Crippen LogP contribution is 2.27. The Balaban J connectivity index is 1.82. The van der Waals surface area contributed by atoms with Gasteiger partial charge in [0.1, 0.15) is 0 Å². The molecule has 1 saturated carbocycles. The highest BCUT2D eigenvalue weighted by atomic mass is 16.2. The van der Waals surface area contributed by atoms with Crippen molar-refractivity contribution in [3.63, 3.8) is 0 Å². The van der Waals surface area contributed by atoms with Crippen molar-refractivity contribution in [3.05, 3.63) is 0 Å². The summed E-state index contributed by atoms with van der Waals surface area (Å²) in [5.74, 6) is 0.605. The molecule has 17 heavy (non-hydrogen) atoms. The third-order valence-corrected chi connectivity index (χ3v) is 4.17. The maximum Gasteiger partial charge on any atom is 0.317 e. The fourth-order valence-electron chi connectivity index (χ4n) is 3.08. The Bertz CT molecular complexity index is 245. The number of carbonyl (C=O) groups excluding carboxylic acids is 1. The molecule has 4 nitrogen and oxygen atoms in total. The van der Waals surface area contributed by atoms with Gasteiger partial charge in [0.05, 0.1) is 0 Å². The molecule has 1 saturated heterocycles. The second-order valence-electron chi connectivity index (χ2n) is 5.38. The summed E-state index contributed by atoms with van der Waals surface area (Å²) in [6, 6.07) is 0.291. The fourth-order valence-corrected chi connectivity index (χ4v) is 3.08. The molecule has 0 aromatic rings. The van der Waals surface area contributed by atoms with E-state index in [1.165, 1.54) is 32.1 Å². The van der Waals surface area contributed by atoms with Crippen LogP contribution < -0.4 is 11.1 Å². The molecular weight excluding hydrogens is 214 g/mol. The van der Waals surface area contributed by atoms with E-state index in [0.717, 1.165) is 25.9 Å². The van der Waals surface area contributed by atoms with Gasteiger partial charge in [-0.1, -0.05) is 12.8 Å². The van der Waals surface area contributed by atoms with Gasteiger partial charge in [0.15, 0.2) is 0 Å². The van der Waals surface area contributed by atoms with Crippen LogP contribution in [0.5, 0.6) is 0 Å². The van der Waals surface area contributed by atoms with Gasteiger partial charge < -0.3 is 16.0 Å². The first-order chi connectivity index (χ1) is 8.31. The smallest absolute Gasteiger partial charge is 0.317 e. The summed E-state index contributed by atoms with van der Waals surface area (Å²) in [6.45, 7) is 2.39. The minimum Gasteiger partial charge on any atom is -0.334 e. The van der Waals surface area contributed by atoms with E-state index >= 15 is 0 Å². The first kappa shape index (κ1) is 12.7. The highest BCUT2D eigenvalue weighted by Gasteiger charge is 2.27. The Labute approximate surface area is 104 Å². The SMILES string of the molecule is NCC(NC(=O)N1CCCCC1)C1CCCC1. The summed E-state index contributed by atoms with van der Waals surface area (Å²) in [4.78, 5) is 14.0. The van der Waals surface area contributed by atoms with E-state index in [4.69, 9.17) is 5.73 Å². The van der Waals surface area contributed by atoms with Crippen LogP contribution in [0.4, 0.5) is 4.79 Å². The summed E-state index contributed by atoms with van der Waals surface area (Å²) >= 11 is 0. The van der Waals surface area contributed by atoms with Gasteiger partial charge in [-0.25, -0.2) is 4.79 Å². The fraction of sp³-hybridized carbons (Fsp3) is 0.923. The van der Waals surface area contributed by atoms with Crippen LogP contribution in [0.25, 0.3) is 0 Å². The van der Waals surface area contributed by atoms with Crippen molar-refractivity contribution in [2.24, 2.45) is 11.7 Å². The van der Waals surface area contributed by atoms with E-state index in [0.29, 0.717) is 12.5 Å². The summed E-state index contributed by atoms with van der Waals surface area (Å²) in [5, 5.41) is 3.14. The Morgan fingerprint density at radius 3 is 2.41 bits per heavy atom. The maximum absolute atomic E-state index is 12.1. The summed E-state index contributed by atoms with van der Waals surface area (Å²) in [7, 11) is 0. The Kier molecular flexibility index (Phi) is 4.66. The van der Waals surface area contributed by atoms with Crippen LogP contribution >= 0.6 is 0 Å². The van der Waals surface area contributed by atoms with Crippen LogP contribution in [0.3, 0.4) is 0 Å². The van der Waals surface area contributed by atoms with Gasteiger partial charge in [0, 0.05) is 25.7 Å². The van der Waals surface area contributed by atoms with E-state index in [1.807, 2.05) is 4.90 Å². The zero-order valence-electron chi connectivity index (χ0n) is 10.7. The number of hydrogen-bond donors (Lipinski definition) is 2. The normalized spacial score (nSPS) is 23.7. The van der Waals surface area contributed by atoms with Crippen molar-refractivity contribution < 1.29 is 4.79 Å². The number of piperidine rings is 1. The van der Waals surface area contributed by atoms with E-state index in [2.05, 4.69) is 5.32 Å². The van der Waals surface area contributed by atoms with Gasteiger partial charge >= 0.3 is 6.03 Å². The molecule has 2 fully saturated rings. The minimum atomic E-state index is 0.104. The van der Waals surface area contributed by atoms with Crippen LogP contribution in [-0.4, -0.2) is 36.6 Å². The third-order valence-electron chi connectivity index (χ3n) is 4.17. The molecule has 1 aliphatic carbocycles. The number of likely N-dealkylation sites (tertiary alicyclic amines) is 1. The standard InChI is InChI=1S/C13H25N3O/c14-10-12(11-6-2-3-7-11)15-13(17)16-8-4-1-5-9-16/h11-12H,1-10,14H2,(H,15,17). The zero-order chi connectivity index (χ0) is 12.1. The van der Waals surface area contributed by atoms with E-state index < -0.39 is 0 Å². The van der Waals surface area contributed by atoms with E-state index in [1.54, 1.807) is 0 Å². The van der Waals surface area contributed by atoms with Gasteiger partial charge in [-0.2, -0.15) is 0 Å². The van der Waals surface area contributed by atoms with Crippen molar-refractivity contribution in [1.82, 2.24) is 10.2 Å². The van der Waals surface area contributed by atoms with Gasteiger partial charge in [0.2, 0.25) is 0 Å². The first-order valence-electron chi connectivity index (χ1n) is 7.07. The third kappa shape index (κ3) is 3.35. The van der Waals surface area contributed by atoms with Gasteiger partial charge in [-0.05, 0) is 38.0 Å². The molecule has 1 unspecified atom stereocenters. The molecule has 0 radical (unpaired) electrons. The second kappa shape index (κ2) is 6.24. The zero-order valence-corrected chi connectivity index (χ0v) is 10.7. The lowest BCUT2D eigenvalue weighted by atomic mass is 9.98. The second-order valence-corrected chi connectivity index (χ2v) is 5.38. The predicted octanol–water partition coefficient (Wildman–Crippen LogP) is 1.70. The molecule has 0 aromatic heterocycles. The number of rotatable bonds is 3. The number of amides is 2. The predicted molar refractivity (Wildman–Crippen MR) is 68.8 cm³/mol. The molecule has 2 amide bonds. The maximum atomic E-state index is 12.1. The number of hydrogen-bond acceptors (Lipinski definition) is 2. The molecule has 0 aromatic carbocycles. The molecule has 0 bridgehead atoms. The first-order valence-corrected chi connectivity index (χ1v) is 7.07. The van der Waals surface area contributed by atoms with Crippen LogP contribution in [0.15, 0.2) is 0 Å². The molecule has 0 spiro atoms. The number of carbonyl (C=O) groups is 1. The molecule has 1 aliphatic heterocycles. The molecule has 2 aliphatic rings. The monoisotopic (exact) mass is 239 g/mol. The van der Waals surface area contributed by atoms with Crippen LogP contribution in [0.2, 0.25) is 0 Å². The average molecular weight is 239 g/mol.